The Balaban J connectivity index is 1.66. The van der Waals surface area contributed by atoms with Crippen LogP contribution in [-0.2, 0) is 0 Å². The van der Waals surface area contributed by atoms with Crippen LogP contribution in [0, 0.1) is 27.9 Å². The molecule has 0 heterocycles. The first-order valence-electron chi connectivity index (χ1n) is 6.70. The van der Waals surface area contributed by atoms with Crippen molar-refractivity contribution in [2.24, 2.45) is 17.8 Å². The monoisotopic (exact) mass is 325 g/mol. The van der Waals surface area contributed by atoms with Gasteiger partial charge < -0.3 is 4.74 Å². The molecule has 3 atom stereocenters. The predicted octanol–water partition coefficient (Wildman–Crippen LogP) is 4.17. The fraction of sp³-hybridized carbons (Fsp3) is 0.571. The first-order valence-corrected chi connectivity index (χ1v) is 7.49. The van der Waals surface area contributed by atoms with Crippen molar-refractivity contribution < 1.29 is 9.66 Å². The van der Waals surface area contributed by atoms with Crippen LogP contribution in [0.5, 0.6) is 5.75 Å². The van der Waals surface area contributed by atoms with Crippen LogP contribution in [0.15, 0.2) is 22.7 Å². The minimum absolute atomic E-state index is 0.0751. The standard InChI is InChI=1S/C14H16BrNO3/c15-13-4-3-12(16(17)18)7-14(13)19-8-11-6-9-1-2-10(11)5-9/h3-4,7,9-11H,1-2,5-6,8H2. The van der Waals surface area contributed by atoms with Gasteiger partial charge in [0.2, 0.25) is 0 Å². The third-order valence-electron chi connectivity index (χ3n) is 4.46. The highest BCUT2D eigenvalue weighted by Gasteiger charge is 2.39. The van der Waals surface area contributed by atoms with Crippen LogP contribution in [0.4, 0.5) is 5.69 Å². The van der Waals surface area contributed by atoms with Gasteiger partial charge in [-0.25, -0.2) is 0 Å². The maximum atomic E-state index is 10.8. The smallest absolute Gasteiger partial charge is 0.273 e. The third kappa shape index (κ3) is 2.61. The van der Waals surface area contributed by atoms with Gasteiger partial charge in [-0.05, 0) is 59.0 Å². The van der Waals surface area contributed by atoms with Crippen LogP contribution < -0.4 is 4.74 Å². The first-order chi connectivity index (χ1) is 9.13. The molecule has 2 aliphatic carbocycles. The van der Waals surface area contributed by atoms with Gasteiger partial charge in [0.15, 0.2) is 0 Å². The molecule has 0 aliphatic heterocycles. The Bertz CT molecular complexity index is 505. The summed E-state index contributed by atoms with van der Waals surface area (Å²) in [7, 11) is 0. The van der Waals surface area contributed by atoms with Crippen LogP contribution in [0.1, 0.15) is 25.7 Å². The number of hydrogen-bond donors (Lipinski definition) is 0. The van der Waals surface area contributed by atoms with Crippen molar-refractivity contribution in [3.05, 3.63) is 32.8 Å². The average Bonchev–Trinajstić information content (AvgIpc) is 2.99. The lowest BCUT2D eigenvalue weighted by atomic mass is 9.89. The van der Waals surface area contributed by atoms with Crippen LogP contribution in [-0.4, -0.2) is 11.5 Å². The van der Waals surface area contributed by atoms with E-state index in [-0.39, 0.29) is 5.69 Å². The minimum atomic E-state index is -0.392. The molecule has 1 aromatic carbocycles. The maximum absolute atomic E-state index is 10.8. The largest absolute Gasteiger partial charge is 0.492 e. The molecule has 1 aromatic rings. The van der Waals surface area contributed by atoms with E-state index in [1.165, 1.54) is 37.8 Å². The van der Waals surface area contributed by atoms with E-state index in [0.29, 0.717) is 18.3 Å². The van der Waals surface area contributed by atoms with Crippen LogP contribution in [0.3, 0.4) is 0 Å². The lowest BCUT2D eigenvalue weighted by Gasteiger charge is -2.22. The summed E-state index contributed by atoms with van der Waals surface area (Å²) in [5, 5.41) is 10.8. The van der Waals surface area contributed by atoms with Crippen molar-refractivity contribution in [1.29, 1.82) is 0 Å². The summed E-state index contributed by atoms with van der Waals surface area (Å²) in [5.41, 5.74) is 0.0751. The Morgan fingerprint density at radius 2 is 2.21 bits per heavy atom. The second-order valence-corrected chi connectivity index (χ2v) is 6.47. The molecule has 0 N–H and O–H groups in total. The Labute approximate surface area is 120 Å². The van der Waals surface area contributed by atoms with E-state index < -0.39 is 4.92 Å². The summed E-state index contributed by atoms with van der Waals surface area (Å²) >= 11 is 3.38. The van der Waals surface area contributed by atoms with Crippen molar-refractivity contribution in [1.82, 2.24) is 0 Å². The molecule has 0 spiro atoms. The molecule has 2 bridgehead atoms. The molecule has 0 aromatic heterocycles. The average molecular weight is 326 g/mol. The Kier molecular flexibility index (Phi) is 3.48. The zero-order chi connectivity index (χ0) is 13.4. The quantitative estimate of drug-likeness (QED) is 0.616. The highest BCUT2D eigenvalue weighted by atomic mass is 79.9. The first kappa shape index (κ1) is 12.9. The lowest BCUT2D eigenvalue weighted by Crippen LogP contribution is -2.18. The molecule has 5 heteroatoms. The van der Waals surface area contributed by atoms with E-state index >= 15 is 0 Å². The Morgan fingerprint density at radius 3 is 2.84 bits per heavy atom. The molecule has 19 heavy (non-hydrogen) atoms. The summed E-state index contributed by atoms with van der Waals surface area (Å²) < 4.78 is 6.59. The van der Waals surface area contributed by atoms with E-state index in [9.17, 15) is 10.1 Å². The summed E-state index contributed by atoms with van der Waals surface area (Å²) in [6.45, 7) is 0.681. The number of non-ortho nitro benzene ring substituents is 1. The SMILES string of the molecule is O=[N+]([O-])c1ccc(Br)c(OCC2CC3CCC2C3)c1. The summed E-state index contributed by atoms with van der Waals surface area (Å²) in [5.74, 6) is 2.91. The van der Waals surface area contributed by atoms with Gasteiger partial charge in [-0.15, -0.1) is 0 Å². The third-order valence-corrected chi connectivity index (χ3v) is 5.12. The van der Waals surface area contributed by atoms with E-state index in [2.05, 4.69) is 15.9 Å². The zero-order valence-corrected chi connectivity index (χ0v) is 12.1. The van der Waals surface area contributed by atoms with Gasteiger partial charge in [0, 0.05) is 6.07 Å². The highest BCUT2D eigenvalue weighted by Crippen LogP contribution is 2.48. The van der Waals surface area contributed by atoms with Crippen molar-refractivity contribution in [3.8, 4) is 5.75 Å². The van der Waals surface area contributed by atoms with Gasteiger partial charge in [-0.2, -0.15) is 0 Å². The molecular formula is C14H16BrNO3. The van der Waals surface area contributed by atoms with Gasteiger partial charge >= 0.3 is 0 Å². The highest BCUT2D eigenvalue weighted by molar-refractivity contribution is 9.10. The molecule has 0 radical (unpaired) electrons. The molecule has 2 fully saturated rings. The van der Waals surface area contributed by atoms with Crippen LogP contribution in [0.25, 0.3) is 0 Å². The van der Waals surface area contributed by atoms with Crippen molar-refractivity contribution in [3.63, 3.8) is 0 Å². The van der Waals surface area contributed by atoms with E-state index in [4.69, 9.17) is 4.74 Å². The number of fused-ring (bicyclic) bond motifs is 2. The summed E-state index contributed by atoms with van der Waals surface area (Å²) in [4.78, 5) is 10.4. The number of nitro groups is 1. The maximum Gasteiger partial charge on any atom is 0.273 e. The van der Waals surface area contributed by atoms with Crippen LogP contribution in [0.2, 0.25) is 0 Å². The van der Waals surface area contributed by atoms with Gasteiger partial charge in [0.25, 0.3) is 5.69 Å². The number of rotatable bonds is 4. The molecule has 102 valence electrons. The summed E-state index contributed by atoms with van der Waals surface area (Å²) in [6, 6.07) is 4.65. The summed E-state index contributed by atoms with van der Waals surface area (Å²) in [6.07, 6.45) is 5.32. The fourth-order valence-corrected chi connectivity index (χ4v) is 3.85. The van der Waals surface area contributed by atoms with E-state index in [1.54, 1.807) is 6.07 Å². The fourth-order valence-electron chi connectivity index (χ4n) is 3.49. The van der Waals surface area contributed by atoms with Crippen LogP contribution >= 0.6 is 15.9 Å². The molecule has 3 unspecified atom stereocenters. The van der Waals surface area contributed by atoms with Gasteiger partial charge in [-0.1, -0.05) is 6.42 Å². The number of benzene rings is 1. The number of nitrogens with zero attached hydrogens (tertiary/aromatic N) is 1. The van der Waals surface area contributed by atoms with Gasteiger partial charge in [0.05, 0.1) is 22.1 Å². The number of halogens is 1. The minimum Gasteiger partial charge on any atom is -0.492 e. The number of nitro benzene ring substituents is 1. The molecular weight excluding hydrogens is 310 g/mol. The second kappa shape index (κ2) is 5.12. The van der Waals surface area contributed by atoms with Crippen molar-refractivity contribution >= 4 is 21.6 Å². The van der Waals surface area contributed by atoms with Gasteiger partial charge in [-0.3, -0.25) is 10.1 Å². The lowest BCUT2D eigenvalue weighted by molar-refractivity contribution is -0.385. The zero-order valence-electron chi connectivity index (χ0n) is 10.5. The molecule has 0 saturated heterocycles. The molecule has 3 rings (SSSR count). The number of hydrogen-bond acceptors (Lipinski definition) is 3. The van der Waals surface area contributed by atoms with Crippen molar-refractivity contribution in [2.45, 2.75) is 25.7 Å². The normalized spacial score (nSPS) is 28.6. The molecule has 2 aliphatic rings. The topological polar surface area (TPSA) is 52.4 Å². The predicted molar refractivity (Wildman–Crippen MR) is 75.2 cm³/mol. The van der Waals surface area contributed by atoms with E-state index in [1.807, 2.05) is 0 Å². The molecule has 2 saturated carbocycles. The molecule has 0 amide bonds. The number of ether oxygens (including phenoxy) is 1. The second-order valence-electron chi connectivity index (χ2n) is 5.62. The Morgan fingerprint density at radius 1 is 1.37 bits per heavy atom. The van der Waals surface area contributed by atoms with E-state index in [0.717, 1.165) is 16.3 Å². The van der Waals surface area contributed by atoms with Gasteiger partial charge in [0.1, 0.15) is 5.75 Å². The Hall–Kier alpha value is -1.10. The van der Waals surface area contributed by atoms with Crippen molar-refractivity contribution in [2.75, 3.05) is 6.61 Å². The molecule has 4 nitrogen and oxygen atoms in total.